The second kappa shape index (κ2) is 6.59. The van der Waals surface area contributed by atoms with Gasteiger partial charge in [0.1, 0.15) is 0 Å². The number of fused-ring (bicyclic) bond motifs is 2. The zero-order valence-electron chi connectivity index (χ0n) is 17.1. The Bertz CT molecular complexity index is 1260. The summed E-state index contributed by atoms with van der Waals surface area (Å²) in [5.41, 5.74) is 9.99. The second-order valence-electron chi connectivity index (χ2n) is 8.70. The first kappa shape index (κ1) is 17.7. The molecular formula is C27H25N2+. The molecule has 1 aromatic heterocycles. The van der Waals surface area contributed by atoms with Crippen molar-refractivity contribution in [1.29, 1.82) is 0 Å². The molecule has 3 aromatic carbocycles. The average molecular weight is 378 g/mol. The lowest BCUT2D eigenvalue weighted by Gasteiger charge is -2.20. The lowest BCUT2D eigenvalue weighted by atomic mass is 9.84. The number of benzene rings is 3. The maximum absolute atomic E-state index is 3.45. The van der Waals surface area contributed by atoms with Gasteiger partial charge in [0.15, 0.2) is 6.21 Å². The summed E-state index contributed by atoms with van der Waals surface area (Å²) in [6, 6.07) is 26.1. The van der Waals surface area contributed by atoms with Crippen LogP contribution in [0.1, 0.15) is 43.0 Å². The van der Waals surface area contributed by atoms with Crippen molar-refractivity contribution in [3.63, 3.8) is 0 Å². The van der Waals surface area contributed by atoms with Gasteiger partial charge in [-0.1, -0.05) is 75.4 Å². The van der Waals surface area contributed by atoms with Crippen LogP contribution in [0.5, 0.6) is 0 Å². The maximum Gasteiger partial charge on any atom is 0.211 e. The highest BCUT2D eigenvalue weighted by molar-refractivity contribution is 6.24. The summed E-state index contributed by atoms with van der Waals surface area (Å²) >= 11 is 0. The van der Waals surface area contributed by atoms with Crippen molar-refractivity contribution in [3.05, 3.63) is 101 Å². The standard InChI is InChI=1S/C27H24N2/c1-27(2,3)19-14-12-18(13-15-19)26(22-16-28-24-10-6-4-8-20(22)24)23-17-29-25-11-7-5-9-21(23)25/h4-17,28H,1-3H3/p+1. The molecule has 2 N–H and O–H groups in total. The van der Waals surface area contributed by atoms with Crippen LogP contribution in [0.3, 0.4) is 0 Å². The number of H-pyrrole nitrogens is 1. The molecule has 0 saturated heterocycles. The molecule has 0 atom stereocenters. The first-order valence-electron chi connectivity index (χ1n) is 10.1. The average Bonchev–Trinajstić information content (AvgIpc) is 3.34. The molecule has 1 aliphatic rings. The summed E-state index contributed by atoms with van der Waals surface area (Å²) in [5, 5.41) is 1.24. The topological polar surface area (TPSA) is 29.8 Å². The van der Waals surface area contributed by atoms with E-state index in [2.05, 4.69) is 116 Å². The van der Waals surface area contributed by atoms with Gasteiger partial charge in [-0.15, -0.1) is 0 Å². The van der Waals surface area contributed by atoms with E-state index in [1.165, 1.54) is 38.8 Å². The zero-order chi connectivity index (χ0) is 20.0. The molecule has 5 rings (SSSR count). The summed E-state index contributed by atoms with van der Waals surface area (Å²) in [5.74, 6) is 0. The van der Waals surface area contributed by atoms with E-state index in [0.717, 1.165) is 11.2 Å². The first-order valence-corrected chi connectivity index (χ1v) is 10.1. The summed E-state index contributed by atoms with van der Waals surface area (Å²) < 4.78 is 0. The largest absolute Gasteiger partial charge is 0.361 e. The number of hydrogen-bond acceptors (Lipinski definition) is 0. The molecule has 0 fully saturated rings. The van der Waals surface area contributed by atoms with Crippen LogP contribution in [0.15, 0.2) is 79.0 Å². The minimum atomic E-state index is 0.139. The van der Waals surface area contributed by atoms with Gasteiger partial charge in [-0.3, -0.25) is 0 Å². The Morgan fingerprint density at radius 1 is 0.828 bits per heavy atom. The summed E-state index contributed by atoms with van der Waals surface area (Å²) in [7, 11) is 0. The van der Waals surface area contributed by atoms with Crippen LogP contribution in [-0.4, -0.2) is 11.2 Å². The van der Waals surface area contributed by atoms with E-state index < -0.39 is 0 Å². The summed E-state index contributed by atoms with van der Waals surface area (Å²) in [6.07, 6.45) is 4.28. The highest BCUT2D eigenvalue weighted by atomic mass is 14.8. The van der Waals surface area contributed by atoms with Gasteiger partial charge in [-0.2, -0.15) is 0 Å². The summed E-state index contributed by atoms with van der Waals surface area (Å²) in [6.45, 7) is 6.77. The highest BCUT2D eigenvalue weighted by Gasteiger charge is 2.25. The van der Waals surface area contributed by atoms with Gasteiger partial charge < -0.3 is 4.98 Å². The highest BCUT2D eigenvalue weighted by Crippen LogP contribution is 2.38. The van der Waals surface area contributed by atoms with E-state index >= 15 is 0 Å². The van der Waals surface area contributed by atoms with Crippen LogP contribution in [-0.2, 0) is 5.41 Å². The van der Waals surface area contributed by atoms with Crippen molar-refractivity contribution in [2.24, 2.45) is 0 Å². The minimum absolute atomic E-state index is 0.139. The van der Waals surface area contributed by atoms with Gasteiger partial charge in [0.05, 0.1) is 11.1 Å². The molecule has 0 amide bonds. The van der Waals surface area contributed by atoms with E-state index in [4.69, 9.17) is 0 Å². The van der Waals surface area contributed by atoms with Crippen LogP contribution in [0.25, 0.3) is 22.0 Å². The monoisotopic (exact) mass is 377 g/mol. The quantitative estimate of drug-likeness (QED) is 0.480. The number of nitrogens with one attached hydrogen (secondary N) is 2. The molecule has 4 aromatic rings. The molecular weight excluding hydrogens is 352 g/mol. The third-order valence-electron chi connectivity index (χ3n) is 5.76. The number of rotatable bonds is 2. The Morgan fingerprint density at radius 3 is 2.34 bits per heavy atom. The van der Waals surface area contributed by atoms with Crippen molar-refractivity contribution in [1.82, 2.24) is 4.98 Å². The van der Waals surface area contributed by atoms with Crippen LogP contribution in [0, 0.1) is 0 Å². The van der Waals surface area contributed by atoms with Crippen molar-refractivity contribution in [3.8, 4) is 0 Å². The first-order chi connectivity index (χ1) is 14.0. The number of aromatic nitrogens is 1. The molecule has 2 heterocycles. The zero-order valence-corrected chi connectivity index (χ0v) is 17.1. The number of aromatic amines is 1. The van der Waals surface area contributed by atoms with Crippen LogP contribution >= 0.6 is 0 Å². The third-order valence-corrected chi connectivity index (χ3v) is 5.76. The molecule has 1 aliphatic heterocycles. The normalized spacial score (nSPS) is 15.0. The van der Waals surface area contributed by atoms with Crippen molar-refractivity contribution in [2.45, 2.75) is 26.2 Å². The molecule has 0 radical (unpaired) electrons. The molecule has 142 valence electrons. The van der Waals surface area contributed by atoms with E-state index in [1.54, 1.807) is 0 Å². The van der Waals surface area contributed by atoms with E-state index in [1.807, 2.05) is 0 Å². The fourth-order valence-corrected chi connectivity index (χ4v) is 4.15. The Labute approximate surface area is 171 Å². The van der Waals surface area contributed by atoms with Crippen molar-refractivity contribution in [2.75, 3.05) is 0 Å². The molecule has 2 nitrogen and oxygen atoms in total. The third kappa shape index (κ3) is 3.01. The molecule has 0 bridgehead atoms. The van der Waals surface area contributed by atoms with Gasteiger partial charge in [-0.05, 0) is 28.7 Å². The fourth-order valence-electron chi connectivity index (χ4n) is 4.15. The van der Waals surface area contributed by atoms with Crippen LogP contribution < -0.4 is 4.99 Å². The molecule has 0 spiro atoms. The van der Waals surface area contributed by atoms with Gasteiger partial charge in [0.2, 0.25) is 5.69 Å². The van der Waals surface area contributed by atoms with E-state index in [0.29, 0.717) is 0 Å². The Hall–Kier alpha value is -3.39. The predicted molar refractivity (Wildman–Crippen MR) is 122 cm³/mol. The maximum atomic E-state index is 3.45. The smallest absolute Gasteiger partial charge is 0.211 e. The predicted octanol–water partition coefficient (Wildman–Crippen LogP) is 5.22. The van der Waals surface area contributed by atoms with E-state index in [9.17, 15) is 0 Å². The van der Waals surface area contributed by atoms with Gasteiger partial charge >= 0.3 is 0 Å². The Kier molecular flexibility index (Phi) is 4.02. The number of hydrogen-bond donors (Lipinski definition) is 2. The van der Waals surface area contributed by atoms with Crippen molar-refractivity contribution < 1.29 is 4.99 Å². The SMILES string of the molecule is CC(C)(C)c1ccc(C(=C2C=[NH+]c3ccccc32)c2c[nH]c3ccccc23)cc1. The number of allylic oxidation sites excluding steroid dienone is 1. The lowest BCUT2D eigenvalue weighted by molar-refractivity contribution is -0.342. The molecule has 2 heteroatoms. The Morgan fingerprint density at radius 2 is 1.55 bits per heavy atom. The molecule has 29 heavy (non-hydrogen) atoms. The Balaban J connectivity index is 1.78. The van der Waals surface area contributed by atoms with E-state index in [-0.39, 0.29) is 5.41 Å². The van der Waals surface area contributed by atoms with Gasteiger partial charge in [-0.25, -0.2) is 4.99 Å². The minimum Gasteiger partial charge on any atom is -0.361 e. The molecule has 0 unspecified atom stereocenters. The molecule has 0 saturated carbocycles. The van der Waals surface area contributed by atoms with Crippen LogP contribution in [0.2, 0.25) is 0 Å². The fraction of sp³-hybridized carbons (Fsp3) is 0.148. The van der Waals surface area contributed by atoms with Crippen LogP contribution in [0.4, 0.5) is 5.69 Å². The second-order valence-corrected chi connectivity index (χ2v) is 8.70. The molecule has 0 aliphatic carbocycles. The lowest BCUT2D eigenvalue weighted by Crippen LogP contribution is -2.58. The number of para-hydroxylation sites is 2. The van der Waals surface area contributed by atoms with Gasteiger partial charge in [0.25, 0.3) is 0 Å². The summed E-state index contributed by atoms with van der Waals surface area (Å²) in [4.78, 5) is 6.91. The van der Waals surface area contributed by atoms with Gasteiger partial charge in [0, 0.05) is 34.3 Å². The van der Waals surface area contributed by atoms with Crippen molar-refractivity contribution >= 4 is 34.0 Å².